The molecule has 0 radical (unpaired) electrons. The van der Waals surface area contributed by atoms with Gasteiger partial charge in [0.2, 0.25) is 5.95 Å². The molecule has 0 fully saturated rings. The Kier molecular flexibility index (Phi) is 6.23. The topological polar surface area (TPSA) is 102 Å². The number of nitrogens with zero attached hydrogens (tertiary/aromatic N) is 3. The van der Waals surface area contributed by atoms with E-state index in [1.54, 1.807) is 24.3 Å². The Hall–Kier alpha value is -3.89. The number of halogens is 3. The maximum Gasteiger partial charge on any atom is 0.421 e. The summed E-state index contributed by atoms with van der Waals surface area (Å²) in [4.78, 5) is 17.8. The molecule has 0 aliphatic carbocycles. The summed E-state index contributed by atoms with van der Waals surface area (Å²) in [6, 6.07) is 11.7. The largest absolute Gasteiger partial charge is 0.491 e. The van der Waals surface area contributed by atoms with E-state index in [0.717, 1.165) is 0 Å². The maximum absolute atomic E-state index is 13.4. The molecule has 0 atom stereocenters. The van der Waals surface area contributed by atoms with Gasteiger partial charge in [0, 0.05) is 29.7 Å². The van der Waals surface area contributed by atoms with Gasteiger partial charge >= 0.3 is 6.18 Å². The lowest BCUT2D eigenvalue weighted by Crippen LogP contribution is -2.12. The van der Waals surface area contributed by atoms with Crippen LogP contribution in [0.25, 0.3) is 0 Å². The third kappa shape index (κ3) is 5.81. The van der Waals surface area contributed by atoms with Gasteiger partial charge in [0.15, 0.2) is 0 Å². The van der Waals surface area contributed by atoms with Gasteiger partial charge in [0.1, 0.15) is 17.1 Å². The number of nitro benzene ring substituents is 1. The van der Waals surface area contributed by atoms with Crippen molar-refractivity contribution < 1.29 is 22.8 Å². The third-order valence-corrected chi connectivity index (χ3v) is 3.92. The predicted molar refractivity (Wildman–Crippen MR) is 109 cm³/mol. The molecule has 31 heavy (non-hydrogen) atoms. The molecule has 0 saturated carbocycles. The third-order valence-electron chi connectivity index (χ3n) is 3.92. The van der Waals surface area contributed by atoms with Gasteiger partial charge in [0.25, 0.3) is 5.69 Å². The summed E-state index contributed by atoms with van der Waals surface area (Å²) in [5, 5.41) is 16.1. The van der Waals surface area contributed by atoms with Crippen LogP contribution in [-0.4, -0.2) is 21.0 Å². The van der Waals surface area contributed by atoms with Crippen molar-refractivity contribution >= 4 is 28.8 Å². The van der Waals surface area contributed by atoms with Crippen LogP contribution in [0, 0.1) is 10.1 Å². The second kappa shape index (κ2) is 8.86. The van der Waals surface area contributed by atoms with E-state index < -0.39 is 22.5 Å². The fourth-order valence-corrected chi connectivity index (χ4v) is 2.57. The fourth-order valence-electron chi connectivity index (χ4n) is 2.57. The Bertz CT molecular complexity index is 1060. The van der Waals surface area contributed by atoms with Gasteiger partial charge in [-0.2, -0.15) is 18.2 Å². The number of nitro groups is 1. The summed E-state index contributed by atoms with van der Waals surface area (Å²) < 4.78 is 45.7. The van der Waals surface area contributed by atoms with Crippen molar-refractivity contribution in [1.82, 2.24) is 9.97 Å². The first-order chi connectivity index (χ1) is 14.6. The number of alkyl halides is 3. The number of nitrogens with one attached hydrogen (secondary N) is 2. The van der Waals surface area contributed by atoms with Gasteiger partial charge in [-0.25, -0.2) is 4.98 Å². The van der Waals surface area contributed by atoms with Crippen molar-refractivity contribution in [3.05, 3.63) is 70.4 Å². The molecule has 11 heteroatoms. The molecular formula is C20H18F3N5O3. The molecule has 0 spiro atoms. The van der Waals surface area contributed by atoms with Crippen molar-refractivity contribution in [3.63, 3.8) is 0 Å². The number of anilines is 4. The van der Waals surface area contributed by atoms with Crippen molar-refractivity contribution in [1.29, 1.82) is 0 Å². The summed E-state index contributed by atoms with van der Waals surface area (Å²) in [6.07, 6.45) is -4.03. The van der Waals surface area contributed by atoms with Gasteiger partial charge in [0.05, 0.1) is 11.0 Å². The minimum absolute atomic E-state index is 0.00473. The molecule has 2 N–H and O–H groups in total. The molecule has 2 aromatic carbocycles. The molecule has 0 saturated heterocycles. The highest BCUT2D eigenvalue weighted by Crippen LogP contribution is 2.35. The van der Waals surface area contributed by atoms with Crippen LogP contribution in [-0.2, 0) is 6.18 Å². The molecule has 3 rings (SSSR count). The molecule has 8 nitrogen and oxygen atoms in total. The van der Waals surface area contributed by atoms with E-state index >= 15 is 0 Å². The van der Waals surface area contributed by atoms with Crippen LogP contribution in [0.15, 0.2) is 54.7 Å². The number of hydrogen-bond donors (Lipinski definition) is 2. The quantitative estimate of drug-likeness (QED) is 0.365. The molecule has 0 amide bonds. The van der Waals surface area contributed by atoms with Crippen LogP contribution in [0.4, 0.5) is 42.0 Å². The average molecular weight is 433 g/mol. The van der Waals surface area contributed by atoms with E-state index in [0.29, 0.717) is 17.6 Å². The highest BCUT2D eigenvalue weighted by atomic mass is 19.4. The Balaban J connectivity index is 1.85. The first-order valence-corrected chi connectivity index (χ1v) is 9.11. The first-order valence-electron chi connectivity index (χ1n) is 9.11. The van der Waals surface area contributed by atoms with Crippen LogP contribution in [0.2, 0.25) is 0 Å². The van der Waals surface area contributed by atoms with E-state index in [4.69, 9.17) is 4.74 Å². The summed E-state index contributed by atoms with van der Waals surface area (Å²) in [5.74, 6) is 0.1000. The van der Waals surface area contributed by atoms with Crippen LogP contribution in [0.3, 0.4) is 0 Å². The van der Waals surface area contributed by atoms with E-state index in [-0.39, 0.29) is 23.4 Å². The SMILES string of the molecule is CC(C)Oc1ccc(Nc2ncc(C(F)(F)F)c(Nc3ccc([N+](=O)[O-])cc3)n2)cc1. The maximum atomic E-state index is 13.4. The van der Waals surface area contributed by atoms with E-state index in [9.17, 15) is 23.3 Å². The summed E-state index contributed by atoms with van der Waals surface area (Å²) >= 11 is 0. The Morgan fingerprint density at radius 1 is 1.00 bits per heavy atom. The van der Waals surface area contributed by atoms with Gasteiger partial charge in [-0.1, -0.05) is 0 Å². The van der Waals surface area contributed by atoms with Gasteiger partial charge < -0.3 is 15.4 Å². The van der Waals surface area contributed by atoms with Crippen molar-refractivity contribution in [2.45, 2.75) is 26.1 Å². The van der Waals surface area contributed by atoms with Crippen LogP contribution in [0.5, 0.6) is 5.75 Å². The van der Waals surface area contributed by atoms with E-state index in [1.165, 1.54) is 24.3 Å². The lowest BCUT2D eigenvalue weighted by molar-refractivity contribution is -0.384. The molecule has 1 heterocycles. The van der Waals surface area contributed by atoms with Gasteiger partial charge in [-0.3, -0.25) is 10.1 Å². The zero-order valence-corrected chi connectivity index (χ0v) is 16.5. The number of aromatic nitrogens is 2. The monoisotopic (exact) mass is 433 g/mol. The van der Waals surface area contributed by atoms with Gasteiger partial charge in [-0.15, -0.1) is 0 Å². The fraction of sp³-hybridized carbons (Fsp3) is 0.200. The molecule has 0 bridgehead atoms. The minimum Gasteiger partial charge on any atom is -0.491 e. The normalized spacial score (nSPS) is 11.3. The zero-order chi connectivity index (χ0) is 22.6. The Morgan fingerprint density at radius 2 is 1.58 bits per heavy atom. The van der Waals surface area contributed by atoms with Crippen LogP contribution < -0.4 is 15.4 Å². The lowest BCUT2D eigenvalue weighted by Gasteiger charge is -2.15. The van der Waals surface area contributed by atoms with E-state index in [1.807, 2.05) is 13.8 Å². The van der Waals surface area contributed by atoms with Crippen molar-refractivity contribution in [2.75, 3.05) is 10.6 Å². The molecule has 3 aromatic rings. The summed E-state index contributed by atoms with van der Waals surface area (Å²) in [7, 11) is 0. The van der Waals surface area contributed by atoms with Crippen LogP contribution >= 0.6 is 0 Å². The predicted octanol–water partition coefficient (Wildman–Crippen LogP) is 5.68. The van der Waals surface area contributed by atoms with Gasteiger partial charge in [-0.05, 0) is 50.2 Å². The molecule has 0 aliphatic heterocycles. The number of non-ortho nitro benzene ring substituents is 1. The molecule has 1 aromatic heterocycles. The highest BCUT2D eigenvalue weighted by Gasteiger charge is 2.35. The number of ether oxygens (including phenoxy) is 1. The standard InChI is InChI=1S/C20H18F3N5O3/c1-12(2)31-16-9-5-14(6-10-16)26-19-24-11-17(20(21,22)23)18(27-19)25-13-3-7-15(8-4-13)28(29)30/h3-12H,1-2H3,(H2,24,25,26,27). The lowest BCUT2D eigenvalue weighted by atomic mass is 10.2. The van der Waals surface area contributed by atoms with Crippen molar-refractivity contribution in [3.8, 4) is 5.75 Å². The minimum atomic E-state index is -4.70. The highest BCUT2D eigenvalue weighted by molar-refractivity contribution is 5.64. The van der Waals surface area contributed by atoms with Crippen LogP contribution in [0.1, 0.15) is 19.4 Å². The first kappa shape index (κ1) is 21.8. The molecule has 162 valence electrons. The summed E-state index contributed by atoms with van der Waals surface area (Å²) in [6.45, 7) is 3.78. The number of rotatable bonds is 7. The second-order valence-electron chi connectivity index (χ2n) is 6.70. The Labute approximate surface area is 175 Å². The zero-order valence-electron chi connectivity index (χ0n) is 16.5. The molecule has 0 unspecified atom stereocenters. The Morgan fingerprint density at radius 3 is 2.13 bits per heavy atom. The number of benzene rings is 2. The summed E-state index contributed by atoms with van der Waals surface area (Å²) in [5.41, 5.74) is -0.498. The molecular weight excluding hydrogens is 415 g/mol. The second-order valence-corrected chi connectivity index (χ2v) is 6.70. The average Bonchev–Trinajstić information content (AvgIpc) is 2.69. The smallest absolute Gasteiger partial charge is 0.421 e. The number of hydrogen-bond acceptors (Lipinski definition) is 7. The van der Waals surface area contributed by atoms with Crippen molar-refractivity contribution in [2.24, 2.45) is 0 Å². The van der Waals surface area contributed by atoms with E-state index in [2.05, 4.69) is 20.6 Å². The molecule has 0 aliphatic rings.